The Morgan fingerprint density at radius 1 is 1.19 bits per heavy atom. The molecule has 1 saturated carbocycles. The summed E-state index contributed by atoms with van der Waals surface area (Å²) in [4.78, 5) is 20.9. The van der Waals surface area contributed by atoms with Gasteiger partial charge in [0.2, 0.25) is 5.91 Å². The first-order chi connectivity index (χ1) is 17.2. The molecule has 1 amide bonds. The minimum absolute atomic E-state index is 0.00388. The van der Waals surface area contributed by atoms with Crippen LogP contribution in [0, 0.1) is 11.3 Å². The van der Waals surface area contributed by atoms with E-state index in [0.29, 0.717) is 38.2 Å². The van der Waals surface area contributed by atoms with Gasteiger partial charge in [-0.3, -0.25) is 9.79 Å². The molecule has 0 spiro atoms. The third-order valence-corrected chi connectivity index (χ3v) is 8.13. The number of halogens is 3. The number of aliphatic imine (C=N–C) groups is 1. The quantitative estimate of drug-likeness (QED) is 0.608. The van der Waals surface area contributed by atoms with E-state index in [0.717, 1.165) is 36.6 Å². The summed E-state index contributed by atoms with van der Waals surface area (Å²) in [5.74, 6) is 0.0690. The maximum absolute atomic E-state index is 14.2. The van der Waals surface area contributed by atoms with Gasteiger partial charge in [-0.2, -0.15) is 13.2 Å². The zero-order valence-electron chi connectivity index (χ0n) is 20.7. The normalized spacial score (nSPS) is 26.6. The van der Waals surface area contributed by atoms with Gasteiger partial charge < -0.3 is 14.2 Å². The standard InChI is InChI=1S/C26H32F3N5O2/c1-17(2)25(8-5-21(12-25)32-20-6-9-36-10-7-20)24(35)33-13-18-11-19(26(27,28)29)3-4-22(18)23(14-33)34-15-30-31-16-34/h3-4,11,15-17,20,23H,5-10,12-14H2,1-2H3/t23?,25-/m0/s1. The number of ether oxygens (including phenoxy) is 1. The lowest BCUT2D eigenvalue weighted by Gasteiger charge is -2.42. The molecule has 3 heterocycles. The predicted octanol–water partition coefficient (Wildman–Crippen LogP) is 4.67. The number of benzene rings is 1. The van der Waals surface area contributed by atoms with Crippen molar-refractivity contribution in [3.05, 3.63) is 47.5 Å². The molecule has 1 aliphatic carbocycles. The van der Waals surface area contributed by atoms with Crippen molar-refractivity contribution in [2.24, 2.45) is 16.3 Å². The van der Waals surface area contributed by atoms with Crippen molar-refractivity contribution in [2.45, 2.75) is 70.8 Å². The monoisotopic (exact) mass is 503 g/mol. The second-order valence-corrected chi connectivity index (χ2v) is 10.5. The Bertz CT molecular complexity index is 1130. The zero-order chi connectivity index (χ0) is 25.5. The summed E-state index contributed by atoms with van der Waals surface area (Å²) in [5, 5.41) is 7.77. The maximum Gasteiger partial charge on any atom is 0.416 e. The van der Waals surface area contributed by atoms with Crippen LogP contribution in [0.5, 0.6) is 0 Å². The highest BCUT2D eigenvalue weighted by molar-refractivity contribution is 5.96. The van der Waals surface area contributed by atoms with Gasteiger partial charge in [-0.15, -0.1) is 10.2 Å². The molecule has 36 heavy (non-hydrogen) atoms. The van der Waals surface area contributed by atoms with Crippen LogP contribution in [0.3, 0.4) is 0 Å². The smallest absolute Gasteiger partial charge is 0.381 e. The van der Waals surface area contributed by atoms with Gasteiger partial charge >= 0.3 is 6.18 Å². The fourth-order valence-electron chi connectivity index (χ4n) is 5.93. The minimum atomic E-state index is -4.45. The molecular weight excluding hydrogens is 471 g/mol. The molecule has 3 aliphatic rings. The van der Waals surface area contributed by atoms with Gasteiger partial charge in [-0.25, -0.2) is 0 Å². The van der Waals surface area contributed by atoms with Gasteiger partial charge in [0.15, 0.2) is 0 Å². The first-order valence-electron chi connectivity index (χ1n) is 12.6. The fourth-order valence-corrected chi connectivity index (χ4v) is 5.93. The van der Waals surface area contributed by atoms with Crippen LogP contribution in [-0.4, -0.2) is 57.1 Å². The molecule has 1 saturated heterocycles. The van der Waals surface area contributed by atoms with Crippen molar-refractivity contribution >= 4 is 11.6 Å². The van der Waals surface area contributed by atoms with Crippen molar-refractivity contribution in [3.8, 4) is 0 Å². The number of hydrogen-bond acceptors (Lipinski definition) is 5. The highest BCUT2D eigenvalue weighted by Gasteiger charge is 2.49. The average molecular weight is 504 g/mol. The number of amides is 1. The van der Waals surface area contributed by atoms with Gasteiger partial charge in [0, 0.05) is 32.0 Å². The highest BCUT2D eigenvalue weighted by atomic mass is 19.4. The Morgan fingerprint density at radius 3 is 2.58 bits per heavy atom. The van der Waals surface area contributed by atoms with Crippen molar-refractivity contribution in [1.82, 2.24) is 19.7 Å². The molecular formula is C26H32F3N5O2. The van der Waals surface area contributed by atoms with Gasteiger partial charge in [-0.1, -0.05) is 19.9 Å². The maximum atomic E-state index is 14.2. The van der Waals surface area contributed by atoms with Crippen molar-refractivity contribution in [2.75, 3.05) is 19.8 Å². The molecule has 10 heteroatoms. The molecule has 0 bridgehead atoms. The molecule has 0 radical (unpaired) electrons. The molecule has 2 fully saturated rings. The topological polar surface area (TPSA) is 72.6 Å². The van der Waals surface area contributed by atoms with Crippen molar-refractivity contribution in [3.63, 3.8) is 0 Å². The zero-order valence-corrected chi connectivity index (χ0v) is 20.7. The summed E-state index contributed by atoms with van der Waals surface area (Å²) in [5.41, 5.74) is 1.04. The first-order valence-corrected chi connectivity index (χ1v) is 12.6. The number of nitrogens with zero attached hydrogens (tertiary/aromatic N) is 5. The SMILES string of the molecule is CC(C)[C@]1(C(=O)N2Cc3cc(C(F)(F)F)ccc3C(n3cnnc3)C2)CCC(=NC2CCOCC2)C1. The summed E-state index contributed by atoms with van der Waals surface area (Å²) >= 11 is 0. The van der Waals surface area contributed by atoms with Crippen LogP contribution in [0.4, 0.5) is 13.2 Å². The first kappa shape index (κ1) is 24.9. The number of rotatable bonds is 4. The Hall–Kier alpha value is -2.75. The van der Waals surface area contributed by atoms with Crippen LogP contribution >= 0.6 is 0 Å². The van der Waals surface area contributed by atoms with E-state index in [2.05, 4.69) is 24.0 Å². The van der Waals surface area contributed by atoms with Crippen molar-refractivity contribution in [1.29, 1.82) is 0 Å². The van der Waals surface area contributed by atoms with Gasteiger partial charge in [0.05, 0.1) is 23.1 Å². The van der Waals surface area contributed by atoms with E-state index in [1.165, 1.54) is 12.1 Å². The fraction of sp³-hybridized carbons (Fsp3) is 0.615. The van der Waals surface area contributed by atoms with E-state index in [-0.39, 0.29) is 30.5 Å². The predicted molar refractivity (Wildman–Crippen MR) is 127 cm³/mol. The number of carbonyl (C=O) groups excluding carboxylic acids is 1. The van der Waals surface area contributed by atoms with Gasteiger partial charge in [-0.05, 0) is 61.3 Å². The van der Waals surface area contributed by atoms with Crippen LogP contribution in [0.25, 0.3) is 0 Å². The van der Waals surface area contributed by atoms with Gasteiger partial charge in [0.1, 0.15) is 12.7 Å². The van der Waals surface area contributed by atoms with E-state index >= 15 is 0 Å². The van der Waals surface area contributed by atoms with Crippen LogP contribution in [0.15, 0.2) is 35.8 Å². The summed E-state index contributed by atoms with van der Waals surface area (Å²) in [6.07, 6.45) is 2.53. The number of hydrogen-bond donors (Lipinski definition) is 0. The van der Waals surface area contributed by atoms with Crippen LogP contribution in [-0.2, 0) is 22.3 Å². The summed E-state index contributed by atoms with van der Waals surface area (Å²) in [7, 11) is 0. The van der Waals surface area contributed by atoms with E-state index in [1.807, 2.05) is 0 Å². The Kier molecular flexibility index (Phi) is 6.65. The third kappa shape index (κ3) is 4.67. The molecule has 5 rings (SSSR count). The molecule has 0 N–H and O–H groups in total. The second kappa shape index (κ2) is 9.61. The number of aromatic nitrogens is 3. The third-order valence-electron chi connectivity index (χ3n) is 8.13. The molecule has 2 aliphatic heterocycles. The summed E-state index contributed by atoms with van der Waals surface area (Å²) < 4.78 is 47.7. The molecule has 2 atom stereocenters. The van der Waals surface area contributed by atoms with Crippen LogP contribution < -0.4 is 0 Å². The lowest BCUT2D eigenvalue weighted by atomic mass is 9.74. The summed E-state index contributed by atoms with van der Waals surface area (Å²) in [6, 6.07) is 3.71. The molecule has 1 aromatic heterocycles. The average Bonchev–Trinajstić information content (AvgIpc) is 3.54. The number of alkyl halides is 3. The highest BCUT2D eigenvalue weighted by Crippen LogP contribution is 2.46. The molecule has 2 aromatic rings. The molecule has 1 unspecified atom stereocenters. The number of carbonyl (C=O) groups is 1. The second-order valence-electron chi connectivity index (χ2n) is 10.5. The van der Waals surface area contributed by atoms with E-state index in [1.54, 1.807) is 22.1 Å². The lowest BCUT2D eigenvalue weighted by molar-refractivity contribution is -0.146. The molecule has 194 valence electrons. The summed E-state index contributed by atoms with van der Waals surface area (Å²) in [6.45, 7) is 6.06. The lowest BCUT2D eigenvalue weighted by Crippen LogP contribution is -2.49. The number of fused-ring (bicyclic) bond motifs is 1. The minimum Gasteiger partial charge on any atom is -0.381 e. The van der Waals surface area contributed by atoms with Gasteiger partial charge in [0.25, 0.3) is 0 Å². The Morgan fingerprint density at radius 2 is 1.92 bits per heavy atom. The molecule has 7 nitrogen and oxygen atoms in total. The van der Waals surface area contributed by atoms with E-state index in [9.17, 15) is 18.0 Å². The van der Waals surface area contributed by atoms with E-state index in [4.69, 9.17) is 9.73 Å². The Balaban J connectivity index is 1.45. The van der Waals surface area contributed by atoms with Crippen LogP contribution in [0.2, 0.25) is 0 Å². The van der Waals surface area contributed by atoms with E-state index < -0.39 is 17.2 Å². The van der Waals surface area contributed by atoms with Crippen molar-refractivity contribution < 1.29 is 22.7 Å². The van der Waals surface area contributed by atoms with Crippen LogP contribution in [0.1, 0.15) is 68.7 Å². The Labute approximate surface area is 208 Å². The largest absolute Gasteiger partial charge is 0.416 e. The molecule has 1 aromatic carbocycles.